The van der Waals surface area contributed by atoms with E-state index in [4.69, 9.17) is 4.74 Å². The number of nitrogens with zero attached hydrogens (tertiary/aromatic N) is 2. The molecule has 1 aromatic carbocycles. The summed E-state index contributed by atoms with van der Waals surface area (Å²) in [7, 11) is 1.84. The molecule has 1 aliphatic heterocycles. The fourth-order valence-electron chi connectivity index (χ4n) is 3.15. The largest absolute Gasteiger partial charge is 0.507 e. The minimum absolute atomic E-state index is 0.0730. The highest BCUT2D eigenvalue weighted by Gasteiger charge is 2.26. The van der Waals surface area contributed by atoms with Gasteiger partial charge < -0.3 is 14.4 Å². The first-order chi connectivity index (χ1) is 10.9. The van der Waals surface area contributed by atoms with E-state index < -0.39 is 5.60 Å². The second kappa shape index (κ2) is 4.35. The number of phenols is 1. The summed E-state index contributed by atoms with van der Waals surface area (Å²) in [5, 5.41) is 11.2. The molecule has 0 radical (unpaired) electrons. The molecule has 3 aromatic rings. The van der Waals surface area contributed by atoms with Crippen LogP contribution in [0.25, 0.3) is 28.0 Å². The van der Waals surface area contributed by atoms with Crippen molar-refractivity contribution >= 4 is 28.0 Å². The van der Waals surface area contributed by atoms with Crippen molar-refractivity contribution in [2.45, 2.75) is 19.4 Å². The van der Waals surface area contributed by atoms with Crippen molar-refractivity contribution in [3.05, 3.63) is 46.3 Å². The molecule has 1 N–H and O–H groups in total. The number of aryl methyl sites for hydroxylation is 1. The molecule has 0 saturated heterocycles. The van der Waals surface area contributed by atoms with Crippen LogP contribution in [0.15, 0.2) is 35.3 Å². The van der Waals surface area contributed by atoms with E-state index in [2.05, 4.69) is 4.98 Å². The Labute approximate surface area is 132 Å². The normalized spacial score (nSPS) is 15.6. The number of benzene rings is 1. The van der Waals surface area contributed by atoms with Crippen molar-refractivity contribution in [2.24, 2.45) is 7.05 Å². The molecule has 0 bridgehead atoms. The standard InChI is InChI=1S/C18H16N2O3/c1-18(2)7-6-10-13(23-18)9-12(21)14-15(10)20(3)17-11(16(14)22)5-4-8-19-17/h4-9,21H,1-3H3. The second-order valence-electron chi connectivity index (χ2n) is 6.33. The molecule has 0 aliphatic carbocycles. The van der Waals surface area contributed by atoms with Crippen molar-refractivity contribution in [2.75, 3.05) is 0 Å². The molecule has 0 saturated carbocycles. The lowest BCUT2D eigenvalue weighted by Crippen LogP contribution is -2.28. The Morgan fingerprint density at radius 1 is 1.35 bits per heavy atom. The molecule has 0 amide bonds. The number of hydrogen-bond acceptors (Lipinski definition) is 4. The summed E-state index contributed by atoms with van der Waals surface area (Å²) in [6, 6.07) is 4.96. The van der Waals surface area contributed by atoms with Crippen molar-refractivity contribution in [1.82, 2.24) is 9.55 Å². The molecule has 0 atom stereocenters. The Morgan fingerprint density at radius 2 is 2.13 bits per heavy atom. The quantitative estimate of drug-likeness (QED) is 0.648. The first-order valence-corrected chi connectivity index (χ1v) is 7.41. The number of aromatic nitrogens is 2. The van der Waals surface area contributed by atoms with Gasteiger partial charge in [-0.25, -0.2) is 4.98 Å². The highest BCUT2D eigenvalue weighted by molar-refractivity contribution is 6.01. The number of hydrogen-bond donors (Lipinski definition) is 1. The molecular weight excluding hydrogens is 292 g/mol. The van der Waals surface area contributed by atoms with Crippen molar-refractivity contribution in [1.29, 1.82) is 0 Å². The molecule has 2 aromatic heterocycles. The van der Waals surface area contributed by atoms with E-state index in [1.807, 2.05) is 37.6 Å². The number of pyridine rings is 2. The summed E-state index contributed by atoms with van der Waals surface area (Å²) in [6.45, 7) is 3.88. The maximum absolute atomic E-state index is 12.8. The Hall–Kier alpha value is -2.82. The first-order valence-electron chi connectivity index (χ1n) is 7.41. The monoisotopic (exact) mass is 308 g/mol. The Balaban J connectivity index is 2.26. The average molecular weight is 308 g/mol. The van der Waals surface area contributed by atoms with Crippen LogP contribution in [0, 0.1) is 0 Å². The van der Waals surface area contributed by atoms with E-state index in [1.54, 1.807) is 18.3 Å². The number of rotatable bonds is 0. The molecular formula is C18H16N2O3. The molecule has 0 fully saturated rings. The minimum atomic E-state index is -0.457. The molecule has 1 aliphatic rings. The third kappa shape index (κ3) is 1.86. The van der Waals surface area contributed by atoms with Crippen LogP contribution in [0.2, 0.25) is 0 Å². The smallest absolute Gasteiger partial charge is 0.202 e. The lowest BCUT2D eigenvalue weighted by Gasteiger charge is -2.29. The molecule has 0 spiro atoms. The van der Waals surface area contributed by atoms with Crippen LogP contribution in [0.4, 0.5) is 0 Å². The van der Waals surface area contributed by atoms with Crippen LogP contribution >= 0.6 is 0 Å². The van der Waals surface area contributed by atoms with Gasteiger partial charge in [-0.1, -0.05) is 0 Å². The van der Waals surface area contributed by atoms with Gasteiger partial charge in [0.15, 0.2) is 0 Å². The lowest BCUT2D eigenvalue weighted by atomic mass is 9.98. The topological polar surface area (TPSA) is 64.4 Å². The van der Waals surface area contributed by atoms with E-state index in [-0.39, 0.29) is 11.2 Å². The number of aromatic hydroxyl groups is 1. The molecule has 116 valence electrons. The van der Waals surface area contributed by atoms with E-state index in [0.717, 1.165) is 5.56 Å². The predicted octanol–water partition coefficient (Wildman–Crippen LogP) is 2.98. The first kappa shape index (κ1) is 13.8. The minimum Gasteiger partial charge on any atom is -0.507 e. The summed E-state index contributed by atoms with van der Waals surface area (Å²) in [4.78, 5) is 17.1. The van der Waals surface area contributed by atoms with Gasteiger partial charge in [0, 0.05) is 24.9 Å². The number of ether oxygens (including phenoxy) is 1. The summed E-state index contributed by atoms with van der Waals surface area (Å²) in [6.07, 6.45) is 5.53. The molecule has 5 heteroatoms. The van der Waals surface area contributed by atoms with Gasteiger partial charge in [-0.15, -0.1) is 0 Å². The average Bonchev–Trinajstić information content (AvgIpc) is 2.50. The van der Waals surface area contributed by atoms with Crippen LogP contribution in [0.3, 0.4) is 0 Å². The van der Waals surface area contributed by atoms with E-state index in [1.165, 1.54) is 6.07 Å². The highest BCUT2D eigenvalue weighted by Crippen LogP contribution is 2.39. The third-order valence-electron chi connectivity index (χ3n) is 4.22. The summed E-state index contributed by atoms with van der Waals surface area (Å²) < 4.78 is 7.76. The zero-order chi connectivity index (χ0) is 16.4. The SMILES string of the molecule is Cn1c2ncccc2c(=O)c2c(O)cc3c(c21)C=CC(C)(C)O3. The molecule has 5 nitrogen and oxygen atoms in total. The van der Waals surface area contributed by atoms with Gasteiger partial charge in [0.05, 0.1) is 16.3 Å². The maximum atomic E-state index is 12.8. The highest BCUT2D eigenvalue weighted by atomic mass is 16.5. The Kier molecular flexibility index (Phi) is 2.61. The van der Waals surface area contributed by atoms with Gasteiger partial charge in [0.2, 0.25) is 5.43 Å². The summed E-state index contributed by atoms with van der Waals surface area (Å²) >= 11 is 0. The molecule has 23 heavy (non-hydrogen) atoms. The van der Waals surface area contributed by atoms with Crippen LogP contribution in [-0.2, 0) is 7.05 Å². The lowest BCUT2D eigenvalue weighted by molar-refractivity contribution is 0.159. The number of fused-ring (bicyclic) bond motifs is 4. The Morgan fingerprint density at radius 3 is 2.91 bits per heavy atom. The van der Waals surface area contributed by atoms with Gasteiger partial charge in [0.1, 0.15) is 22.7 Å². The molecule has 3 heterocycles. The van der Waals surface area contributed by atoms with E-state index in [9.17, 15) is 9.90 Å². The second-order valence-corrected chi connectivity index (χ2v) is 6.33. The summed E-state index contributed by atoms with van der Waals surface area (Å²) in [5.74, 6) is 0.490. The van der Waals surface area contributed by atoms with Crippen LogP contribution in [0.1, 0.15) is 19.4 Å². The molecule has 0 unspecified atom stereocenters. The van der Waals surface area contributed by atoms with Crippen molar-refractivity contribution in [3.63, 3.8) is 0 Å². The Bertz CT molecular complexity index is 1060. The van der Waals surface area contributed by atoms with E-state index in [0.29, 0.717) is 27.7 Å². The number of phenolic OH excluding ortho intramolecular Hbond substituents is 1. The van der Waals surface area contributed by atoms with Crippen molar-refractivity contribution in [3.8, 4) is 11.5 Å². The van der Waals surface area contributed by atoms with Gasteiger partial charge >= 0.3 is 0 Å². The van der Waals surface area contributed by atoms with Crippen LogP contribution in [-0.4, -0.2) is 20.3 Å². The predicted molar refractivity (Wildman–Crippen MR) is 89.9 cm³/mol. The zero-order valence-corrected chi connectivity index (χ0v) is 13.1. The van der Waals surface area contributed by atoms with E-state index >= 15 is 0 Å². The van der Waals surface area contributed by atoms with Crippen molar-refractivity contribution < 1.29 is 9.84 Å². The zero-order valence-electron chi connectivity index (χ0n) is 13.1. The van der Waals surface area contributed by atoms with Gasteiger partial charge in [-0.2, -0.15) is 0 Å². The summed E-state index contributed by atoms with van der Waals surface area (Å²) in [5.41, 5.74) is 1.31. The van der Waals surface area contributed by atoms with Gasteiger partial charge in [0.25, 0.3) is 0 Å². The fourth-order valence-corrected chi connectivity index (χ4v) is 3.15. The van der Waals surface area contributed by atoms with Crippen LogP contribution in [0.5, 0.6) is 11.5 Å². The molecule has 4 rings (SSSR count). The van der Waals surface area contributed by atoms with Crippen LogP contribution < -0.4 is 10.2 Å². The maximum Gasteiger partial charge on any atom is 0.202 e. The van der Waals surface area contributed by atoms with Gasteiger partial charge in [-0.05, 0) is 38.1 Å². The fraction of sp³-hybridized carbons (Fsp3) is 0.222. The third-order valence-corrected chi connectivity index (χ3v) is 4.22. The van der Waals surface area contributed by atoms with Gasteiger partial charge in [-0.3, -0.25) is 4.79 Å².